The molecule has 0 spiro atoms. The Morgan fingerprint density at radius 2 is 2.13 bits per heavy atom. The lowest BCUT2D eigenvalue weighted by Gasteiger charge is -2.09. The SMILES string of the molecule is COC(=O)C(O)CNC(=O)CCCCBr. The van der Waals surface area contributed by atoms with Gasteiger partial charge in [-0.3, -0.25) is 4.79 Å². The second-order valence-electron chi connectivity index (χ2n) is 2.99. The van der Waals surface area contributed by atoms with Crippen molar-refractivity contribution in [2.45, 2.75) is 25.4 Å². The number of esters is 1. The van der Waals surface area contributed by atoms with E-state index in [0.29, 0.717) is 6.42 Å². The fourth-order valence-corrected chi connectivity index (χ4v) is 1.29. The van der Waals surface area contributed by atoms with Crippen molar-refractivity contribution in [2.75, 3.05) is 19.0 Å². The van der Waals surface area contributed by atoms with E-state index in [-0.39, 0.29) is 12.5 Å². The van der Waals surface area contributed by atoms with E-state index in [0.717, 1.165) is 18.2 Å². The number of halogens is 1. The van der Waals surface area contributed by atoms with Crippen LogP contribution >= 0.6 is 15.9 Å². The highest BCUT2D eigenvalue weighted by molar-refractivity contribution is 9.09. The van der Waals surface area contributed by atoms with E-state index >= 15 is 0 Å². The summed E-state index contributed by atoms with van der Waals surface area (Å²) in [4.78, 5) is 21.9. The fourth-order valence-electron chi connectivity index (χ4n) is 0.898. The van der Waals surface area contributed by atoms with Crippen molar-refractivity contribution in [1.29, 1.82) is 0 Å². The summed E-state index contributed by atoms with van der Waals surface area (Å²) in [6, 6.07) is 0. The lowest BCUT2D eigenvalue weighted by Crippen LogP contribution is -2.37. The van der Waals surface area contributed by atoms with Crippen LogP contribution in [-0.2, 0) is 14.3 Å². The Hall–Kier alpha value is -0.620. The standard InChI is InChI=1S/C9H16BrNO4/c1-15-9(14)7(12)6-11-8(13)4-2-3-5-10/h7,12H,2-6H2,1H3,(H,11,13). The molecule has 0 aliphatic carbocycles. The van der Waals surface area contributed by atoms with Crippen LogP contribution in [0.15, 0.2) is 0 Å². The Morgan fingerprint density at radius 1 is 1.47 bits per heavy atom. The number of aliphatic hydroxyl groups excluding tert-OH is 1. The Morgan fingerprint density at radius 3 is 2.67 bits per heavy atom. The molecule has 15 heavy (non-hydrogen) atoms. The van der Waals surface area contributed by atoms with Gasteiger partial charge in [-0.2, -0.15) is 0 Å². The first-order valence-corrected chi connectivity index (χ1v) is 5.82. The summed E-state index contributed by atoms with van der Waals surface area (Å²) < 4.78 is 4.30. The third-order valence-electron chi connectivity index (χ3n) is 1.75. The van der Waals surface area contributed by atoms with Crippen molar-refractivity contribution < 1.29 is 19.4 Å². The Labute approximate surface area is 97.3 Å². The summed E-state index contributed by atoms with van der Waals surface area (Å²) in [6.07, 6.45) is 0.827. The fraction of sp³-hybridized carbons (Fsp3) is 0.778. The number of methoxy groups -OCH3 is 1. The topological polar surface area (TPSA) is 75.6 Å². The molecule has 0 aromatic carbocycles. The third kappa shape index (κ3) is 7.33. The molecule has 0 bridgehead atoms. The Balaban J connectivity index is 3.57. The van der Waals surface area contributed by atoms with Crippen LogP contribution < -0.4 is 5.32 Å². The molecule has 0 heterocycles. The number of carbonyl (C=O) groups excluding carboxylic acids is 2. The van der Waals surface area contributed by atoms with Gasteiger partial charge in [0.2, 0.25) is 5.91 Å². The molecule has 6 heteroatoms. The second kappa shape index (κ2) is 8.67. The lowest BCUT2D eigenvalue weighted by molar-refractivity contribution is -0.150. The van der Waals surface area contributed by atoms with Gasteiger partial charge < -0.3 is 15.2 Å². The van der Waals surface area contributed by atoms with Crippen LogP contribution in [-0.4, -0.2) is 42.1 Å². The van der Waals surface area contributed by atoms with Gasteiger partial charge in [-0.25, -0.2) is 4.79 Å². The third-order valence-corrected chi connectivity index (χ3v) is 2.31. The van der Waals surface area contributed by atoms with E-state index in [9.17, 15) is 9.59 Å². The smallest absolute Gasteiger partial charge is 0.336 e. The molecule has 0 saturated heterocycles. The number of hydrogen-bond donors (Lipinski definition) is 2. The van der Waals surface area contributed by atoms with E-state index in [1.54, 1.807) is 0 Å². The van der Waals surface area contributed by atoms with Crippen LogP contribution in [0.3, 0.4) is 0 Å². The number of aliphatic hydroxyl groups is 1. The summed E-state index contributed by atoms with van der Waals surface area (Å²) in [6.45, 7) is -0.0974. The molecule has 5 nitrogen and oxygen atoms in total. The van der Waals surface area contributed by atoms with E-state index in [1.807, 2.05) is 0 Å². The van der Waals surface area contributed by atoms with Crippen LogP contribution in [0.4, 0.5) is 0 Å². The quantitative estimate of drug-likeness (QED) is 0.397. The van der Waals surface area contributed by atoms with Gasteiger partial charge in [-0.1, -0.05) is 15.9 Å². The van der Waals surface area contributed by atoms with Gasteiger partial charge >= 0.3 is 5.97 Å². The molecule has 1 amide bonds. The minimum Gasteiger partial charge on any atom is -0.467 e. The largest absolute Gasteiger partial charge is 0.467 e. The molecule has 0 fully saturated rings. The maximum absolute atomic E-state index is 11.1. The van der Waals surface area contributed by atoms with E-state index in [1.165, 1.54) is 7.11 Å². The summed E-state index contributed by atoms with van der Waals surface area (Å²) in [7, 11) is 1.18. The normalized spacial score (nSPS) is 11.9. The van der Waals surface area contributed by atoms with Gasteiger partial charge in [-0.15, -0.1) is 0 Å². The molecule has 0 rings (SSSR count). The zero-order chi connectivity index (χ0) is 11.7. The molecular formula is C9H16BrNO4. The van der Waals surface area contributed by atoms with Crippen molar-refractivity contribution in [3.63, 3.8) is 0 Å². The molecule has 0 radical (unpaired) electrons. The van der Waals surface area contributed by atoms with Crippen molar-refractivity contribution >= 4 is 27.8 Å². The average Bonchev–Trinajstić information content (AvgIpc) is 2.25. The van der Waals surface area contributed by atoms with Gasteiger partial charge in [0.15, 0.2) is 6.10 Å². The number of alkyl halides is 1. The summed E-state index contributed by atoms with van der Waals surface area (Å²) in [5.74, 6) is -0.908. The van der Waals surface area contributed by atoms with E-state index in [2.05, 4.69) is 26.0 Å². The molecule has 0 aromatic heterocycles. The average molecular weight is 282 g/mol. The molecule has 0 aliphatic rings. The highest BCUT2D eigenvalue weighted by Crippen LogP contribution is 1.98. The zero-order valence-corrected chi connectivity index (χ0v) is 10.2. The minimum atomic E-state index is -1.28. The first kappa shape index (κ1) is 14.4. The highest BCUT2D eigenvalue weighted by atomic mass is 79.9. The van der Waals surface area contributed by atoms with Crippen molar-refractivity contribution in [1.82, 2.24) is 5.32 Å². The van der Waals surface area contributed by atoms with Crippen LogP contribution in [0, 0.1) is 0 Å². The molecule has 88 valence electrons. The Bertz CT molecular complexity index is 210. The molecule has 0 saturated carbocycles. The first-order valence-electron chi connectivity index (χ1n) is 4.70. The number of rotatable bonds is 7. The van der Waals surface area contributed by atoms with Crippen molar-refractivity contribution in [3.05, 3.63) is 0 Å². The number of hydrogen-bond acceptors (Lipinski definition) is 4. The Kier molecular flexibility index (Phi) is 8.31. The van der Waals surface area contributed by atoms with Crippen LogP contribution in [0.2, 0.25) is 0 Å². The number of ether oxygens (including phenoxy) is 1. The van der Waals surface area contributed by atoms with Crippen LogP contribution in [0.1, 0.15) is 19.3 Å². The van der Waals surface area contributed by atoms with Gasteiger partial charge in [0.1, 0.15) is 0 Å². The predicted octanol–water partition coefficient (Wildman–Crippen LogP) is 0.202. The molecule has 2 N–H and O–H groups in total. The van der Waals surface area contributed by atoms with Gasteiger partial charge in [0, 0.05) is 11.8 Å². The summed E-state index contributed by atoms with van der Waals surface area (Å²) in [5, 5.41) is 12.5. The number of unbranched alkanes of at least 4 members (excludes halogenated alkanes) is 1. The number of amides is 1. The van der Waals surface area contributed by atoms with Crippen molar-refractivity contribution in [3.8, 4) is 0 Å². The lowest BCUT2D eigenvalue weighted by atomic mass is 10.2. The summed E-state index contributed by atoms with van der Waals surface area (Å²) >= 11 is 3.26. The monoisotopic (exact) mass is 281 g/mol. The molecule has 0 aromatic rings. The molecule has 1 unspecified atom stereocenters. The van der Waals surface area contributed by atoms with E-state index in [4.69, 9.17) is 5.11 Å². The number of carbonyl (C=O) groups is 2. The number of nitrogens with one attached hydrogen (secondary N) is 1. The minimum absolute atomic E-state index is 0.0974. The maximum atomic E-state index is 11.1. The second-order valence-corrected chi connectivity index (χ2v) is 3.78. The van der Waals surface area contributed by atoms with E-state index < -0.39 is 12.1 Å². The van der Waals surface area contributed by atoms with Crippen LogP contribution in [0.5, 0.6) is 0 Å². The molecular weight excluding hydrogens is 266 g/mol. The predicted molar refractivity (Wildman–Crippen MR) is 58.7 cm³/mol. The zero-order valence-electron chi connectivity index (χ0n) is 8.66. The molecule has 0 aliphatic heterocycles. The van der Waals surface area contributed by atoms with Gasteiger partial charge in [-0.05, 0) is 12.8 Å². The summed E-state index contributed by atoms with van der Waals surface area (Å²) in [5.41, 5.74) is 0. The van der Waals surface area contributed by atoms with Crippen LogP contribution in [0.25, 0.3) is 0 Å². The first-order chi connectivity index (χ1) is 7.11. The van der Waals surface area contributed by atoms with Gasteiger partial charge in [0.25, 0.3) is 0 Å². The highest BCUT2D eigenvalue weighted by Gasteiger charge is 2.15. The van der Waals surface area contributed by atoms with Gasteiger partial charge in [0.05, 0.1) is 13.7 Å². The maximum Gasteiger partial charge on any atom is 0.336 e. The molecule has 1 atom stereocenters. The van der Waals surface area contributed by atoms with Crippen molar-refractivity contribution in [2.24, 2.45) is 0 Å².